The van der Waals surface area contributed by atoms with Crippen LogP contribution in [0.25, 0.3) is 10.7 Å². The minimum Gasteiger partial charge on any atom is -0.394 e. The number of thiazole rings is 1. The van der Waals surface area contributed by atoms with Crippen LogP contribution in [0.15, 0.2) is 39.3 Å². The molecular formula is C17H15BrCl2N4O4S2. The summed E-state index contributed by atoms with van der Waals surface area (Å²) in [6.07, 6.45) is -1.67. The van der Waals surface area contributed by atoms with E-state index in [1.165, 1.54) is 27.8 Å². The number of nitrogens with zero attached hydrogens (tertiary/aromatic N) is 4. The van der Waals surface area contributed by atoms with Gasteiger partial charge in [0.05, 0.1) is 22.8 Å². The fraction of sp³-hybridized carbons (Fsp3) is 0.353. The molecule has 5 atom stereocenters. The lowest BCUT2D eigenvalue weighted by Gasteiger charge is -2.41. The first-order valence-electron chi connectivity index (χ1n) is 8.64. The van der Waals surface area contributed by atoms with Gasteiger partial charge in [0.1, 0.15) is 45.1 Å². The first-order valence-corrected chi connectivity index (χ1v) is 12.0. The number of hydrogen-bond donors (Lipinski definition) is 3. The lowest BCUT2D eigenvalue weighted by Crippen LogP contribution is -2.55. The Kier molecular flexibility index (Phi) is 7.02. The monoisotopic (exact) mass is 552 g/mol. The predicted octanol–water partition coefficient (Wildman–Crippen LogP) is 3.24. The number of aliphatic hydroxyl groups is 3. The van der Waals surface area contributed by atoms with Crippen molar-refractivity contribution in [2.24, 2.45) is 0 Å². The van der Waals surface area contributed by atoms with Crippen molar-refractivity contribution in [3.05, 3.63) is 44.4 Å². The van der Waals surface area contributed by atoms with Gasteiger partial charge < -0.3 is 20.1 Å². The van der Waals surface area contributed by atoms with Crippen LogP contribution in [-0.2, 0) is 4.74 Å². The van der Waals surface area contributed by atoms with Crippen molar-refractivity contribution in [1.82, 2.24) is 20.0 Å². The molecule has 0 amide bonds. The van der Waals surface area contributed by atoms with Crippen molar-refractivity contribution in [3.8, 4) is 10.7 Å². The molecule has 4 rings (SSSR count). The molecule has 0 radical (unpaired) electrons. The van der Waals surface area contributed by atoms with Gasteiger partial charge in [-0.1, -0.05) is 40.2 Å². The average molecular weight is 554 g/mol. The highest BCUT2D eigenvalue weighted by atomic mass is 79.9. The lowest BCUT2D eigenvalue weighted by atomic mass is 9.97. The Morgan fingerprint density at radius 3 is 2.70 bits per heavy atom. The van der Waals surface area contributed by atoms with Gasteiger partial charge in [0.15, 0.2) is 0 Å². The van der Waals surface area contributed by atoms with Crippen LogP contribution >= 0.6 is 62.2 Å². The summed E-state index contributed by atoms with van der Waals surface area (Å²) in [7, 11) is 0. The van der Waals surface area contributed by atoms with Crippen LogP contribution in [-0.4, -0.2) is 65.7 Å². The molecular weight excluding hydrogens is 539 g/mol. The molecule has 0 aliphatic carbocycles. The van der Waals surface area contributed by atoms with Gasteiger partial charge in [0.25, 0.3) is 0 Å². The Morgan fingerprint density at radius 2 is 2.03 bits per heavy atom. The molecule has 2 aromatic heterocycles. The minimum absolute atomic E-state index is 0.373. The Balaban J connectivity index is 1.61. The number of ether oxygens (including phenoxy) is 1. The second-order valence-corrected chi connectivity index (χ2v) is 10.1. The minimum atomic E-state index is -1.20. The SMILES string of the molecule is OCC1OC(Sc2ccc(Cl)c(Cl)c2)C(O)C(n2cc(-c3nc(Br)cs3)nn2)C1O. The lowest BCUT2D eigenvalue weighted by molar-refractivity contribution is -0.178. The Hall–Kier alpha value is -0.760. The van der Waals surface area contributed by atoms with E-state index in [4.69, 9.17) is 27.9 Å². The molecule has 3 N–H and O–H groups in total. The summed E-state index contributed by atoms with van der Waals surface area (Å²) in [5.41, 5.74) is -0.291. The summed E-state index contributed by atoms with van der Waals surface area (Å²) in [6, 6.07) is 4.16. The standard InChI is InChI=1S/C17H15BrCl2N4O4S2/c18-12-6-29-16(21-12)10-4-24(23-22-10)13-14(26)11(5-25)28-17(15(13)27)30-7-1-2-8(19)9(20)3-7/h1-4,6,11,13-15,17,25-27H,5H2. The Labute approximate surface area is 197 Å². The van der Waals surface area contributed by atoms with Gasteiger partial charge in [-0.2, -0.15) is 0 Å². The molecule has 3 aromatic rings. The van der Waals surface area contributed by atoms with E-state index in [0.29, 0.717) is 30.2 Å². The van der Waals surface area contributed by atoms with Crippen molar-refractivity contribution in [2.45, 2.75) is 34.7 Å². The summed E-state index contributed by atoms with van der Waals surface area (Å²) >= 11 is 17.9. The molecule has 0 saturated carbocycles. The zero-order valence-corrected chi connectivity index (χ0v) is 19.7. The number of aliphatic hydroxyl groups excluding tert-OH is 3. The van der Waals surface area contributed by atoms with Crippen LogP contribution in [0.2, 0.25) is 10.0 Å². The van der Waals surface area contributed by atoms with Gasteiger partial charge in [-0.25, -0.2) is 9.67 Å². The zero-order chi connectivity index (χ0) is 21.4. The van der Waals surface area contributed by atoms with E-state index in [1.54, 1.807) is 24.4 Å². The summed E-state index contributed by atoms with van der Waals surface area (Å²) in [4.78, 5) is 5.01. The largest absolute Gasteiger partial charge is 0.394 e. The van der Waals surface area contributed by atoms with Crippen LogP contribution in [0.1, 0.15) is 6.04 Å². The van der Waals surface area contributed by atoms with Crippen molar-refractivity contribution in [3.63, 3.8) is 0 Å². The summed E-state index contributed by atoms with van der Waals surface area (Å²) in [6.45, 7) is -0.427. The van der Waals surface area contributed by atoms with Gasteiger partial charge in [-0.05, 0) is 34.1 Å². The van der Waals surface area contributed by atoms with Crippen LogP contribution in [0, 0.1) is 0 Å². The van der Waals surface area contributed by atoms with E-state index in [9.17, 15) is 15.3 Å². The Bertz CT molecular complexity index is 1040. The molecule has 0 bridgehead atoms. The molecule has 160 valence electrons. The molecule has 1 aliphatic rings. The van der Waals surface area contributed by atoms with E-state index in [-0.39, 0.29) is 0 Å². The smallest absolute Gasteiger partial charge is 0.146 e. The highest BCUT2D eigenvalue weighted by Gasteiger charge is 2.46. The highest BCUT2D eigenvalue weighted by molar-refractivity contribution is 9.10. The first-order chi connectivity index (χ1) is 14.4. The van der Waals surface area contributed by atoms with Crippen LogP contribution in [0.5, 0.6) is 0 Å². The molecule has 1 aromatic carbocycles. The second-order valence-electron chi connectivity index (χ2n) is 6.45. The zero-order valence-electron chi connectivity index (χ0n) is 15.0. The van der Waals surface area contributed by atoms with E-state index < -0.39 is 36.4 Å². The number of thioether (sulfide) groups is 1. The normalized spacial score (nSPS) is 26.8. The fourth-order valence-corrected chi connectivity index (χ4v) is 5.72. The third kappa shape index (κ3) is 4.54. The number of halogens is 3. The van der Waals surface area contributed by atoms with Gasteiger partial charge >= 0.3 is 0 Å². The molecule has 0 spiro atoms. The predicted molar refractivity (Wildman–Crippen MR) is 118 cm³/mol. The maximum Gasteiger partial charge on any atom is 0.146 e. The number of rotatable bonds is 5. The molecule has 3 heterocycles. The quantitative estimate of drug-likeness (QED) is 0.441. The van der Waals surface area contributed by atoms with Gasteiger partial charge in [0.2, 0.25) is 0 Å². The molecule has 1 aliphatic heterocycles. The van der Waals surface area contributed by atoms with E-state index in [2.05, 4.69) is 31.2 Å². The summed E-state index contributed by atoms with van der Waals surface area (Å²) in [5.74, 6) is 0. The number of benzene rings is 1. The Morgan fingerprint density at radius 1 is 1.23 bits per heavy atom. The average Bonchev–Trinajstić information content (AvgIpc) is 3.36. The highest BCUT2D eigenvalue weighted by Crippen LogP contribution is 2.39. The molecule has 5 unspecified atom stereocenters. The van der Waals surface area contributed by atoms with E-state index in [1.807, 2.05) is 5.38 Å². The van der Waals surface area contributed by atoms with E-state index in [0.717, 1.165) is 0 Å². The molecule has 1 fully saturated rings. The van der Waals surface area contributed by atoms with Gasteiger partial charge in [-0.15, -0.1) is 16.4 Å². The van der Waals surface area contributed by atoms with Gasteiger partial charge in [0, 0.05) is 10.3 Å². The summed E-state index contributed by atoms with van der Waals surface area (Å²) in [5, 5.41) is 42.8. The maximum atomic E-state index is 11.0. The molecule has 30 heavy (non-hydrogen) atoms. The number of hydrogen-bond acceptors (Lipinski definition) is 9. The second kappa shape index (κ2) is 9.39. The third-order valence-electron chi connectivity index (χ3n) is 4.50. The first kappa shape index (κ1) is 22.4. The molecule has 13 heteroatoms. The van der Waals surface area contributed by atoms with Crippen LogP contribution in [0.4, 0.5) is 0 Å². The van der Waals surface area contributed by atoms with Crippen LogP contribution < -0.4 is 0 Å². The van der Waals surface area contributed by atoms with Crippen molar-refractivity contribution in [2.75, 3.05) is 6.61 Å². The van der Waals surface area contributed by atoms with E-state index >= 15 is 0 Å². The van der Waals surface area contributed by atoms with Crippen molar-refractivity contribution >= 4 is 62.2 Å². The topological polar surface area (TPSA) is 114 Å². The fourth-order valence-electron chi connectivity index (χ4n) is 3.05. The third-order valence-corrected chi connectivity index (χ3v) is 7.96. The molecule has 1 saturated heterocycles. The van der Waals surface area contributed by atoms with Crippen molar-refractivity contribution < 1.29 is 20.1 Å². The van der Waals surface area contributed by atoms with Crippen LogP contribution in [0.3, 0.4) is 0 Å². The summed E-state index contributed by atoms with van der Waals surface area (Å²) < 4.78 is 7.80. The number of aromatic nitrogens is 4. The van der Waals surface area contributed by atoms with Crippen molar-refractivity contribution in [1.29, 1.82) is 0 Å². The van der Waals surface area contributed by atoms with Gasteiger partial charge in [-0.3, -0.25) is 0 Å². The molecule has 8 nitrogen and oxygen atoms in total. The maximum absolute atomic E-state index is 11.0.